The van der Waals surface area contributed by atoms with Crippen LogP contribution in [0.15, 0.2) is 36.4 Å². The van der Waals surface area contributed by atoms with Crippen molar-refractivity contribution in [3.05, 3.63) is 58.9 Å². The molecule has 0 aliphatic carbocycles. The first kappa shape index (κ1) is 11.3. The highest BCUT2D eigenvalue weighted by Crippen LogP contribution is 2.28. The Bertz CT molecular complexity index is 609. The second-order valence-corrected chi connectivity index (χ2v) is 4.08. The zero-order valence-electron chi connectivity index (χ0n) is 9.79. The predicted molar refractivity (Wildman–Crippen MR) is 66.0 cm³/mol. The maximum absolute atomic E-state index is 14.0. The molecule has 1 nitrogen and oxygen atoms in total. The van der Waals surface area contributed by atoms with E-state index >= 15 is 0 Å². The van der Waals surface area contributed by atoms with Crippen LogP contribution in [-0.4, -0.2) is 0 Å². The number of aryl methyl sites for hydroxylation is 2. The lowest BCUT2D eigenvalue weighted by molar-refractivity contribution is 0.622. The van der Waals surface area contributed by atoms with E-state index in [1.165, 1.54) is 0 Å². The molecule has 0 fully saturated rings. The maximum atomic E-state index is 14.0. The molecule has 0 N–H and O–H groups in total. The summed E-state index contributed by atoms with van der Waals surface area (Å²) in [5.74, 6) is -0.194. The molecule has 0 saturated heterocycles. The predicted octanol–water partition coefficient (Wildman–Crippen LogP) is 3.98. The number of nitrogens with zero attached hydrogens (tertiary/aromatic N) is 1. The number of halogens is 1. The van der Waals surface area contributed by atoms with Gasteiger partial charge in [-0.2, -0.15) is 5.26 Å². The molecular weight excluding hydrogens is 213 g/mol. The fourth-order valence-electron chi connectivity index (χ4n) is 1.89. The minimum atomic E-state index is -0.194. The van der Waals surface area contributed by atoms with Crippen LogP contribution in [0.2, 0.25) is 0 Å². The van der Waals surface area contributed by atoms with E-state index < -0.39 is 0 Å². The van der Waals surface area contributed by atoms with E-state index in [1.807, 2.05) is 13.0 Å². The van der Waals surface area contributed by atoms with Crippen LogP contribution in [0.1, 0.15) is 16.7 Å². The normalized spacial score (nSPS) is 10.0. The average molecular weight is 225 g/mol. The van der Waals surface area contributed by atoms with Crippen molar-refractivity contribution in [2.75, 3.05) is 0 Å². The molecule has 0 aromatic heterocycles. The molecule has 0 unspecified atom stereocenters. The van der Waals surface area contributed by atoms with Crippen molar-refractivity contribution in [1.29, 1.82) is 5.26 Å². The van der Waals surface area contributed by atoms with Crippen molar-refractivity contribution < 1.29 is 4.39 Å². The third-order valence-electron chi connectivity index (χ3n) is 2.84. The van der Waals surface area contributed by atoms with Crippen LogP contribution < -0.4 is 0 Å². The summed E-state index contributed by atoms with van der Waals surface area (Å²) < 4.78 is 14.0. The average Bonchev–Trinajstić information content (AvgIpc) is 2.33. The van der Waals surface area contributed by atoms with Crippen molar-refractivity contribution in [2.24, 2.45) is 0 Å². The summed E-state index contributed by atoms with van der Waals surface area (Å²) in [4.78, 5) is 0. The molecule has 0 heterocycles. The van der Waals surface area contributed by atoms with Crippen molar-refractivity contribution >= 4 is 0 Å². The summed E-state index contributed by atoms with van der Waals surface area (Å²) in [5, 5.41) is 8.80. The molecule has 17 heavy (non-hydrogen) atoms. The zero-order chi connectivity index (χ0) is 12.4. The monoisotopic (exact) mass is 225 g/mol. The van der Waals surface area contributed by atoms with Gasteiger partial charge in [-0.15, -0.1) is 0 Å². The van der Waals surface area contributed by atoms with E-state index in [4.69, 9.17) is 5.26 Å². The molecule has 0 aliphatic heterocycles. The first-order valence-corrected chi connectivity index (χ1v) is 5.39. The Balaban J connectivity index is 2.62. The van der Waals surface area contributed by atoms with Gasteiger partial charge in [0, 0.05) is 5.56 Å². The van der Waals surface area contributed by atoms with Crippen LogP contribution in [0.5, 0.6) is 0 Å². The lowest BCUT2D eigenvalue weighted by Gasteiger charge is -2.09. The van der Waals surface area contributed by atoms with Gasteiger partial charge in [0.1, 0.15) is 5.82 Å². The van der Waals surface area contributed by atoms with Crippen LogP contribution >= 0.6 is 0 Å². The molecule has 0 radical (unpaired) electrons. The molecule has 2 aromatic rings. The van der Waals surface area contributed by atoms with E-state index in [0.717, 1.165) is 11.1 Å². The quantitative estimate of drug-likeness (QED) is 0.720. The van der Waals surface area contributed by atoms with E-state index in [0.29, 0.717) is 16.7 Å². The topological polar surface area (TPSA) is 23.8 Å². The largest absolute Gasteiger partial charge is 0.206 e. The molecule has 0 spiro atoms. The fraction of sp³-hybridized carbons (Fsp3) is 0.133. The molecule has 2 aromatic carbocycles. The van der Waals surface area contributed by atoms with Gasteiger partial charge in [-0.25, -0.2) is 4.39 Å². The van der Waals surface area contributed by atoms with Gasteiger partial charge in [0.15, 0.2) is 0 Å². The number of rotatable bonds is 1. The molecule has 2 rings (SSSR count). The Morgan fingerprint density at radius 3 is 2.41 bits per heavy atom. The molecular formula is C15H12FN. The third-order valence-corrected chi connectivity index (χ3v) is 2.84. The first-order chi connectivity index (χ1) is 8.13. The molecule has 0 amide bonds. The van der Waals surface area contributed by atoms with Crippen molar-refractivity contribution in [1.82, 2.24) is 0 Å². The van der Waals surface area contributed by atoms with Crippen molar-refractivity contribution in [3.63, 3.8) is 0 Å². The summed E-state index contributed by atoms with van der Waals surface area (Å²) in [5.41, 5.74) is 3.57. The number of benzene rings is 2. The summed E-state index contributed by atoms with van der Waals surface area (Å²) in [6, 6.07) is 12.7. The fourth-order valence-corrected chi connectivity index (χ4v) is 1.89. The third kappa shape index (κ3) is 2.05. The van der Waals surface area contributed by atoms with Gasteiger partial charge in [0.25, 0.3) is 0 Å². The Morgan fingerprint density at radius 2 is 1.76 bits per heavy atom. The van der Waals surface area contributed by atoms with E-state index in [-0.39, 0.29) is 5.82 Å². The highest BCUT2D eigenvalue weighted by atomic mass is 19.1. The van der Waals surface area contributed by atoms with Crippen LogP contribution in [0.25, 0.3) is 11.1 Å². The van der Waals surface area contributed by atoms with Crippen LogP contribution in [0.4, 0.5) is 4.39 Å². The standard InChI is InChI=1S/C15H12FN/c1-10-4-3-5-14(15(10)16)13-7-6-12(9-17)8-11(13)2/h3-8H,1-2H3. The summed E-state index contributed by atoms with van der Waals surface area (Å²) in [6.45, 7) is 3.63. The highest BCUT2D eigenvalue weighted by Gasteiger charge is 2.09. The molecule has 0 bridgehead atoms. The number of hydrogen-bond acceptors (Lipinski definition) is 1. The van der Waals surface area contributed by atoms with E-state index in [2.05, 4.69) is 6.07 Å². The highest BCUT2D eigenvalue weighted by molar-refractivity contribution is 5.69. The lowest BCUT2D eigenvalue weighted by atomic mass is 9.97. The van der Waals surface area contributed by atoms with Gasteiger partial charge in [-0.1, -0.05) is 24.3 Å². The first-order valence-electron chi connectivity index (χ1n) is 5.39. The molecule has 0 atom stereocenters. The van der Waals surface area contributed by atoms with Crippen LogP contribution in [-0.2, 0) is 0 Å². The molecule has 2 heteroatoms. The van der Waals surface area contributed by atoms with E-state index in [1.54, 1.807) is 37.3 Å². The number of nitriles is 1. The molecule has 0 aliphatic rings. The van der Waals surface area contributed by atoms with Gasteiger partial charge in [0.05, 0.1) is 11.6 Å². The van der Waals surface area contributed by atoms with Gasteiger partial charge >= 0.3 is 0 Å². The summed E-state index contributed by atoms with van der Waals surface area (Å²) in [6.07, 6.45) is 0. The minimum absolute atomic E-state index is 0.194. The smallest absolute Gasteiger partial charge is 0.133 e. The van der Waals surface area contributed by atoms with Crippen LogP contribution in [0, 0.1) is 31.0 Å². The van der Waals surface area contributed by atoms with Gasteiger partial charge in [0.2, 0.25) is 0 Å². The maximum Gasteiger partial charge on any atom is 0.133 e. The second kappa shape index (κ2) is 4.39. The van der Waals surface area contributed by atoms with Crippen molar-refractivity contribution in [3.8, 4) is 17.2 Å². The lowest BCUT2D eigenvalue weighted by Crippen LogP contribution is -1.91. The zero-order valence-corrected chi connectivity index (χ0v) is 9.79. The van der Waals surface area contributed by atoms with Crippen molar-refractivity contribution in [2.45, 2.75) is 13.8 Å². The second-order valence-electron chi connectivity index (χ2n) is 4.08. The summed E-state index contributed by atoms with van der Waals surface area (Å²) in [7, 11) is 0. The van der Waals surface area contributed by atoms with E-state index in [9.17, 15) is 4.39 Å². The molecule has 0 saturated carbocycles. The molecule has 84 valence electrons. The summed E-state index contributed by atoms with van der Waals surface area (Å²) >= 11 is 0. The Kier molecular flexibility index (Phi) is 2.93. The number of hydrogen-bond donors (Lipinski definition) is 0. The Hall–Kier alpha value is -2.14. The Morgan fingerprint density at radius 1 is 1.00 bits per heavy atom. The SMILES string of the molecule is Cc1cc(C#N)ccc1-c1cccc(C)c1F. The Labute approximate surface area is 100 Å². The van der Waals surface area contributed by atoms with Gasteiger partial charge in [-0.05, 0) is 42.7 Å². The van der Waals surface area contributed by atoms with Gasteiger partial charge in [-0.3, -0.25) is 0 Å². The van der Waals surface area contributed by atoms with Crippen LogP contribution in [0.3, 0.4) is 0 Å². The van der Waals surface area contributed by atoms with Gasteiger partial charge < -0.3 is 0 Å². The minimum Gasteiger partial charge on any atom is -0.206 e.